The summed E-state index contributed by atoms with van der Waals surface area (Å²) in [6.07, 6.45) is 34.8. The molecule has 5 aliphatic carbocycles. The summed E-state index contributed by atoms with van der Waals surface area (Å²) >= 11 is 0. The fourth-order valence-corrected chi connectivity index (χ4v) is 13.7. The quantitative estimate of drug-likeness (QED) is 0.159. The lowest BCUT2D eigenvalue weighted by Gasteiger charge is -2.32. The van der Waals surface area contributed by atoms with E-state index < -0.39 is 0 Å². The summed E-state index contributed by atoms with van der Waals surface area (Å²) in [4.78, 5) is 5.25. The van der Waals surface area contributed by atoms with Gasteiger partial charge in [-0.3, -0.25) is 0 Å². The lowest BCUT2D eigenvalue weighted by molar-refractivity contribution is 0.660. The third-order valence-electron chi connectivity index (χ3n) is 17.2. The first-order chi connectivity index (χ1) is 35.0. The Hall–Kier alpha value is -7.42. The first-order valence-electron chi connectivity index (χ1n) is 26.6. The van der Waals surface area contributed by atoms with Crippen LogP contribution in [-0.2, 0) is 11.8 Å². The average Bonchev–Trinajstić information content (AvgIpc) is 3.54. The minimum absolute atomic E-state index is 0.102. The normalized spacial score (nSPS) is 18.8. The van der Waals surface area contributed by atoms with Crippen LogP contribution >= 0.6 is 0 Å². The van der Waals surface area contributed by atoms with Gasteiger partial charge >= 0.3 is 0 Å². The molecule has 0 saturated heterocycles. The molecule has 2 heterocycles. The average molecular weight is 917 g/mol. The summed E-state index contributed by atoms with van der Waals surface area (Å²) in [6.45, 7) is 4.80. The fraction of sp³-hybridized carbons (Fsp3) is 0.217. The molecule has 71 heavy (non-hydrogen) atoms. The zero-order valence-corrected chi connectivity index (χ0v) is 41.2. The maximum atomic E-state index is 2.65. The molecule has 7 aliphatic rings. The number of para-hydroxylation sites is 1. The van der Waals surface area contributed by atoms with Crippen LogP contribution in [0.2, 0.25) is 0 Å². The second-order valence-corrected chi connectivity index (χ2v) is 21.4. The maximum Gasteiger partial charge on any atom is 0.0493 e. The van der Waals surface area contributed by atoms with Crippen molar-refractivity contribution >= 4 is 44.2 Å². The Bertz CT molecular complexity index is 3640. The number of aryl methyl sites for hydroxylation is 1. The molecule has 0 spiro atoms. The Morgan fingerprint density at radius 2 is 0.972 bits per heavy atom. The molecule has 2 nitrogen and oxygen atoms in total. The van der Waals surface area contributed by atoms with Gasteiger partial charge < -0.3 is 9.80 Å². The standard InChI is InChI=1S/C69H60N2/c1-69(2)61-27-13-12-25-54(61)55-39-36-50(42-62(55)69)53-24-10-11-26-56(53)68-58-41-38-51(70-63-28-14-6-18-45(63)32-33-46-19-7-15-29-64(46)70)43-59(58)67(49-22-4-3-5-23-49)57-40-37-52(44-60(57)68)71-65-30-16-8-20-47(65)34-35-48-21-9-17-31-66(48)71/h3-4,8,10-17,20,22,24-31,36-44H,5-7,9,18-19,21,23,32-35H2,1-2H3. The van der Waals surface area contributed by atoms with Gasteiger partial charge in [0.2, 0.25) is 0 Å². The highest BCUT2D eigenvalue weighted by Crippen LogP contribution is 2.53. The molecular weight excluding hydrogens is 857 g/mol. The lowest BCUT2D eigenvalue weighted by Crippen LogP contribution is -2.23. The van der Waals surface area contributed by atoms with E-state index >= 15 is 0 Å². The molecule has 0 radical (unpaired) electrons. The number of hydrogen-bond donors (Lipinski definition) is 0. The SMILES string of the molecule is CC1(C)c2ccccc2-c2ccc(-c3ccccc3-c3c4ccc(N5C6=C(CCC=C6)CCC6=C5C=CCC6)cc4c(C4=CC=CCC4)c4ccc(N5C6=C(CCC=C6)CCc6ccccc65)cc34)cc21. The fourth-order valence-electron chi connectivity index (χ4n) is 13.7. The Morgan fingerprint density at radius 3 is 1.68 bits per heavy atom. The molecular formula is C69H60N2. The van der Waals surface area contributed by atoms with Crippen molar-refractivity contribution in [1.82, 2.24) is 0 Å². The van der Waals surface area contributed by atoms with Crippen molar-refractivity contribution in [3.05, 3.63) is 238 Å². The van der Waals surface area contributed by atoms with E-state index in [0.717, 1.165) is 77.0 Å². The molecule has 7 aromatic carbocycles. The van der Waals surface area contributed by atoms with Crippen molar-refractivity contribution in [2.45, 2.75) is 96.3 Å². The third kappa shape index (κ3) is 6.81. The van der Waals surface area contributed by atoms with E-state index in [1.54, 1.807) is 16.7 Å². The summed E-state index contributed by atoms with van der Waals surface area (Å²) in [5, 5.41) is 5.25. The van der Waals surface area contributed by atoms with E-state index in [-0.39, 0.29) is 5.41 Å². The molecule has 0 saturated carbocycles. The summed E-state index contributed by atoms with van der Waals surface area (Å²) < 4.78 is 0. The van der Waals surface area contributed by atoms with Gasteiger partial charge in [0.25, 0.3) is 0 Å². The first-order valence-corrected chi connectivity index (χ1v) is 26.6. The first kappa shape index (κ1) is 42.5. The monoisotopic (exact) mass is 916 g/mol. The van der Waals surface area contributed by atoms with Crippen molar-refractivity contribution in [3.8, 4) is 33.4 Å². The molecule has 0 N–H and O–H groups in total. The molecule has 0 unspecified atom stereocenters. The molecule has 7 aromatic rings. The molecule has 2 heteroatoms. The summed E-state index contributed by atoms with van der Waals surface area (Å²) in [7, 11) is 0. The number of allylic oxidation sites excluding steroid dienone is 13. The third-order valence-corrected chi connectivity index (χ3v) is 17.2. The van der Waals surface area contributed by atoms with E-state index in [1.807, 2.05) is 0 Å². The number of nitrogens with zero attached hydrogens (tertiary/aromatic N) is 2. The molecule has 0 fully saturated rings. The summed E-state index contributed by atoms with van der Waals surface area (Å²) in [5.41, 5.74) is 27.4. The number of anilines is 3. The van der Waals surface area contributed by atoms with E-state index in [2.05, 4.69) is 206 Å². The van der Waals surface area contributed by atoms with Gasteiger partial charge in [-0.2, -0.15) is 0 Å². The minimum Gasteiger partial charge on any atom is -0.311 e. The lowest BCUT2D eigenvalue weighted by atomic mass is 9.80. The molecule has 0 aromatic heterocycles. The number of hydrogen-bond acceptors (Lipinski definition) is 2. The van der Waals surface area contributed by atoms with Crippen LogP contribution in [0.25, 0.3) is 60.5 Å². The number of fused-ring (bicyclic) bond motifs is 6. The number of benzene rings is 7. The van der Waals surface area contributed by atoms with E-state index in [9.17, 15) is 0 Å². The van der Waals surface area contributed by atoms with Crippen LogP contribution in [0.3, 0.4) is 0 Å². The van der Waals surface area contributed by atoms with Gasteiger partial charge in [-0.05, 0) is 231 Å². The highest BCUT2D eigenvalue weighted by atomic mass is 15.2. The van der Waals surface area contributed by atoms with Crippen LogP contribution in [0.1, 0.15) is 107 Å². The molecule has 0 bridgehead atoms. The van der Waals surface area contributed by atoms with Crippen LogP contribution in [0.15, 0.2) is 216 Å². The molecule has 2 aliphatic heterocycles. The van der Waals surface area contributed by atoms with Gasteiger partial charge in [-0.25, -0.2) is 0 Å². The number of rotatable bonds is 5. The summed E-state index contributed by atoms with van der Waals surface area (Å²) in [5.74, 6) is 0. The van der Waals surface area contributed by atoms with Crippen LogP contribution in [0.4, 0.5) is 17.1 Å². The van der Waals surface area contributed by atoms with Crippen molar-refractivity contribution < 1.29 is 0 Å². The second-order valence-electron chi connectivity index (χ2n) is 21.4. The van der Waals surface area contributed by atoms with Crippen LogP contribution in [0.5, 0.6) is 0 Å². The highest BCUT2D eigenvalue weighted by molar-refractivity contribution is 6.21. The van der Waals surface area contributed by atoms with Crippen LogP contribution in [0, 0.1) is 0 Å². The van der Waals surface area contributed by atoms with Gasteiger partial charge in [0.15, 0.2) is 0 Å². The van der Waals surface area contributed by atoms with Gasteiger partial charge in [0, 0.05) is 39.6 Å². The zero-order valence-electron chi connectivity index (χ0n) is 41.2. The van der Waals surface area contributed by atoms with Crippen molar-refractivity contribution in [1.29, 1.82) is 0 Å². The second kappa shape index (κ2) is 16.9. The van der Waals surface area contributed by atoms with Gasteiger partial charge in [-0.15, -0.1) is 0 Å². The Labute approximate surface area is 419 Å². The molecule has 14 rings (SSSR count). The van der Waals surface area contributed by atoms with Crippen molar-refractivity contribution in [3.63, 3.8) is 0 Å². The van der Waals surface area contributed by atoms with E-state index in [4.69, 9.17) is 0 Å². The molecule has 346 valence electrons. The topological polar surface area (TPSA) is 6.48 Å². The van der Waals surface area contributed by atoms with Gasteiger partial charge in [0.05, 0.1) is 0 Å². The molecule has 0 atom stereocenters. The van der Waals surface area contributed by atoms with E-state index in [0.29, 0.717) is 0 Å². The predicted octanol–water partition coefficient (Wildman–Crippen LogP) is 18.9. The Morgan fingerprint density at radius 1 is 0.408 bits per heavy atom. The largest absolute Gasteiger partial charge is 0.311 e. The van der Waals surface area contributed by atoms with Gasteiger partial charge in [-0.1, -0.05) is 141 Å². The predicted molar refractivity (Wildman–Crippen MR) is 301 cm³/mol. The highest BCUT2D eigenvalue weighted by Gasteiger charge is 2.36. The Balaban J connectivity index is 1.07. The smallest absolute Gasteiger partial charge is 0.0493 e. The van der Waals surface area contributed by atoms with E-state index in [1.165, 1.54) is 117 Å². The van der Waals surface area contributed by atoms with Gasteiger partial charge in [0.1, 0.15) is 0 Å². The van der Waals surface area contributed by atoms with Crippen LogP contribution < -0.4 is 9.80 Å². The van der Waals surface area contributed by atoms with Crippen LogP contribution in [-0.4, -0.2) is 0 Å². The van der Waals surface area contributed by atoms with Crippen molar-refractivity contribution in [2.24, 2.45) is 0 Å². The zero-order chi connectivity index (χ0) is 47.2. The van der Waals surface area contributed by atoms with Crippen molar-refractivity contribution in [2.75, 3.05) is 9.80 Å². The maximum absolute atomic E-state index is 2.65. The summed E-state index contributed by atoms with van der Waals surface area (Å²) in [6, 6.07) is 49.8. The molecule has 0 amide bonds. The Kier molecular flexibility index (Phi) is 10.1. The minimum atomic E-state index is -0.102.